The SMILES string of the molecule is CN=C(NCCN(C)C1CCCC1)N1CC(CCN2CCCC2=O)c2ccccc21. The van der Waals surface area contributed by atoms with Crippen LogP contribution < -0.4 is 10.2 Å². The molecule has 0 spiro atoms. The highest BCUT2D eigenvalue weighted by Crippen LogP contribution is 2.38. The summed E-state index contributed by atoms with van der Waals surface area (Å²) >= 11 is 0. The van der Waals surface area contributed by atoms with Gasteiger partial charge in [-0.1, -0.05) is 31.0 Å². The van der Waals surface area contributed by atoms with E-state index in [9.17, 15) is 4.79 Å². The molecule has 1 atom stereocenters. The van der Waals surface area contributed by atoms with Crippen LogP contribution in [-0.4, -0.2) is 74.5 Å². The third-order valence-corrected chi connectivity index (χ3v) is 7.15. The van der Waals surface area contributed by atoms with Crippen molar-refractivity contribution < 1.29 is 4.79 Å². The maximum Gasteiger partial charge on any atom is 0.222 e. The summed E-state index contributed by atoms with van der Waals surface area (Å²) in [5, 5.41) is 3.60. The van der Waals surface area contributed by atoms with Gasteiger partial charge >= 0.3 is 0 Å². The molecule has 1 aromatic carbocycles. The molecule has 30 heavy (non-hydrogen) atoms. The van der Waals surface area contributed by atoms with E-state index in [1.165, 1.54) is 36.9 Å². The van der Waals surface area contributed by atoms with Gasteiger partial charge < -0.3 is 20.0 Å². The normalized spacial score (nSPS) is 22.4. The summed E-state index contributed by atoms with van der Waals surface area (Å²) in [6.07, 6.45) is 8.17. The number of aliphatic imine (C=N–C) groups is 1. The van der Waals surface area contributed by atoms with Gasteiger partial charge in [-0.2, -0.15) is 0 Å². The molecule has 6 heteroatoms. The van der Waals surface area contributed by atoms with E-state index in [1.807, 2.05) is 11.9 Å². The molecular weight excluding hydrogens is 374 g/mol. The van der Waals surface area contributed by atoms with E-state index in [0.717, 1.165) is 64.0 Å². The minimum atomic E-state index is 0.321. The summed E-state index contributed by atoms with van der Waals surface area (Å²) in [6, 6.07) is 9.43. The molecule has 0 bridgehead atoms. The lowest BCUT2D eigenvalue weighted by atomic mass is 9.98. The molecule has 1 N–H and O–H groups in total. The molecule has 1 aromatic rings. The Hall–Kier alpha value is -2.08. The second kappa shape index (κ2) is 9.82. The van der Waals surface area contributed by atoms with E-state index in [1.54, 1.807) is 0 Å². The lowest BCUT2D eigenvalue weighted by molar-refractivity contribution is -0.127. The minimum absolute atomic E-state index is 0.321. The van der Waals surface area contributed by atoms with E-state index in [2.05, 4.69) is 51.4 Å². The van der Waals surface area contributed by atoms with Crippen LogP contribution in [0.2, 0.25) is 0 Å². The first kappa shape index (κ1) is 21.2. The number of carbonyl (C=O) groups excluding carboxylic acids is 1. The van der Waals surface area contributed by atoms with Crippen molar-refractivity contribution in [1.29, 1.82) is 0 Å². The van der Waals surface area contributed by atoms with Gasteiger partial charge in [0.1, 0.15) is 0 Å². The van der Waals surface area contributed by atoms with Gasteiger partial charge in [0.05, 0.1) is 0 Å². The molecule has 2 fully saturated rings. The van der Waals surface area contributed by atoms with Crippen molar-refractivity contribution >= 4 is 17.6 Å². The second-order valence-electron chi connectivity index (χ2n) is 9.03. The van der Waals surface area contributed by atoms with Gasteiger partial charge in [0.15, 0.2) is 5.96 Å². The Labute approximate surface area is 181 Å². The summed E-state index contributed by atoms with van der Waals surface area (Å²) in [5.74, 6) is 1.72. The topological polar surface area (TPSA) is 51.2 Å². The number of benzene rings is 1. The highest BCUT2D eigenvalue weighted by atomic mass is 16.2. The first-order valence-corrected chi connectivity index (χ1v) is 11.7. The van der Waals surface area contributed by atoms with Gasteiger partial charge in [-0.3, -0.25) is 9.79 Å². The number of likely N-dealkylation sites (tertiary alicyclic amines) is 1. The highest BCUT2D eigenvalue weighted by molar-refractivity contribution is 5.98. The highest BCUT2D eigenvalue weighted by Gasteiger charge is 2.32. The zero-order valence-electron chi connectivity index (χ0n) is 18.6. The molecule has 1 aliphatic carbocycles. The van der Waals surface area contributed by atoms with E-state index in [-0.39, 0.29) is 0 Å². The van der Waals surface area contributed by atoms with E-state index in [0.29, 0.717) is 11.8 Å². The monoisotopic (exact) mass is 411 g/mol. The number of fused-ring (bicyclic) bond motifs is 1. The smallest absolute Gasteiger partial charge is 0.222 e. The molecule has 6 nitrogen and oxygen atoms in total. The zero-order chi connectivity index (χ0) is 20.9. The number of para-hydroxylation sites is 1. The Morgan fingerprint density at radius 2 is 2.03 bits per heavy atom. The quantitative estimate of drug-likeness (QED) is 0.553. The molecule has 3 aliphatic rings. The fraction of sp³-hybridized carbons (Fsp3) is 0.667. The van der Waals surface area contributed by atoms with Crippen LogP contribution in [0.1, 0.15) is 56.4 Å². The van der Waals surface area contributed by atoms with Crippen molar-refractivity contribution in [3.05, 3.63) is 29.8 Å². The Kier molecular flexibility index (Phi) is 6.93. The van der Waals surface area contributed by atoms with Gasteiger partial charge in [-0.15, -0.1) is 0 Å². The number of rotatable bonds is 7. The van der Waals surface area contributed by atoms with E-state index >= 15 is 0 Å². The zero-order valence-corrected chi connectivity index (χ0v) is 18.6. The Balaban J connectivity index is 1.35. The van der Waals surface area contributed by atoms with Gasteiger partial charge in [-0.05, 0) is 44.4 Å². The van der Waals surface area contributed by atoms with Crippen LogP contribution in [0.5, 0.6) is 0 Å². The number of carbonyl (C=O) groups is 1. The van der Waals surface area contributed by atoms with Crippen LogP contribution >= 0.6 is 0 Å². The van der Waals surface area contributed by atoms with Crippen molar-refractivity contribution in [3.8, 4) is 0 Å². The third-order valence-electron chi connectivity index (χ3n) is 7.15. The predicted octanol–water partition coefficient (Wildman–Crippen LogP) is 3.05. The van der Waals surface area contributed by atoms with Gasteiger partial charge in [0.2, 0.25) is 5.91 Å². The fourth-order valence-electron chi connectivity index (χ4n) is 5.36. The summed E-state index contributed by atoms with van der Waals surface area (Å²) in [5.41, 5.74) is 2.64. The van der Waals surface area contributed by atoms with E-state index < -0.39 is 0 Å². The first-order chi connectivity index (χ1) is 14.7. The predicted molar refractivity (Wildman–Crippen MR) is 123 cm³/mol. The molecule has 1 saturated carbocycles. The molecule has 1 unspecified atom stereocenters. The maximum atomic E-state index is 12.0. The van der Waals surface area contributed by atoms with Gasteiger partial charge in [0, 0.05) is 63.8 Å². The first-order valence-electron chi connectivity index (χ1n) is 11.7. The summed E-state index contributed by atoms with van der Waals surface area (Å²) < 4.78 is 0. The Morgan fingerprint density at radius 3 is 2.77 bits per heavy atom. The fourth-order valence-corrected chi connectivity index (χ4v) is 5.36. The number of guanidine groups is 1. The number of anilines is 1. The molecule has 0 radical (unpaired) electrons. The van der Waals surface area contributed by atoms with Crippen molar-refractivity contribution in [2.75, 3.05) is 51.7 Å². The lowest BCUT2D eigenvalue weighted by Crippen LogP contribution is -2.44. The molecule has 1 saturated heterocycles. The van der Waals surface area contributed by atoms with Crippen LogP contribution in [0.15, 0.2) is 29.3 Å². The third kappa shape index (κ3) is 4.64. The van der Waals surface area contributed by atoms with Gasteiger partial charge in [0.25, 0.3) is 0 Å². The molecule has 1 amide bonds. The average molecular weight is 412 g/mol. The van der Waals surface area contributed by atoms with Crippen molar-refractivity contribution in [1.82, 2.24) is 15.1 Å². The van der Waals surface area contributed by atoms with Gasteiger partial charge in [-0.25, -0.2) is 0 Å². The molecule has 164 valence electrons. The Bertz CT molecular complexity index is 758. The van der Waals surface area contributed by atoms with Crippen LogP contribution in [-0.2, 0) is 4.79 Å². The van der Waals surface area contributed by atoms with Crippen molar-refractivity contribution in [2.45, 2.75) is 56.9 Å². The second-order valence-corrected chi connectivity index (χ2v) is 9.03. The number of amides is 1. The number of hydrogen-bond acceptors (Lipinski definition) is 3. The minimum Gasteiger partial charge on any atom is -0.355 e. The number of nitrogens with one attached hydrogen (secondary N) is 1. The van der Waals surface area contributed by atoms with E-state index in [4.69, 9.17) is 0 Å². The van der Waals surface area contributed by atoms with Crippen LogP contribution in [0, 0.1) is 0 Å². The molecule has 0 aromatic heterocycles. The molecule has 2 aliphatic heterocycles. The standard InChI is InChI=1S/C24H37N5O/c1-25-24(26-14-17-27(2)20-8-3-4-9-20)29-18-19(21-10-5-6-11-22(21)29)13-16-28-15-7-12-23(28)30/h5-6,10-11,19-20H,3-4,7-9,12-18H2,1-2H3,(H,25,26). The largest absolute Gasteiger partial charge is 0.355 e. The van der Waals surface area contributed by atoms with Crippen molar-refractivity contribution in [3.63, 3.8) is 0 Å². The summed E-state index contributed by atoms with van der Waals surface area (Å²) in [7, 11) is 4.13. The Morgan fingerprint density at radius 1 is 1.23 bits per heavy atom. The summed E-state index contributed by atoms with van der Waals surface area (Å²) in [6.45, 7) is 4.67. The van der Waals surface area contributed by atoms with Crippen molar-refractivity contribution in [2.24, 2.45) is 4.99 Å². The number of likely N-dealkylation sites (N-methyl/N-ethyl adjacent to an activating group) is 1. The molecule has 2 heterocycles. The average Bonchev–Trinajstić information content (AvgIpc) is 3.50. The number of nitrogens with zero attached hydrogens (tertiary/aromatic N) is 4. The summed E-state index contributed by atoms with van der Waals surface area (Å²) in [4.78, 5) is 23.5. The van der Waals surface area contributed by atoms with Crippen LogP contribution in [0.3, 0.4) is 0 Å². The lowest BCUT2D eigenvalue weighted by Gasteiger charge is -2.27. The molecule has 4 rings (SSSR count). The van der Waals surface area contributed by atoms with Crippen LogP contribution in [0.4, 0.5) is 5.69 Å². The molecular formula is C24H37N5O. The maximum absolute atomic E-state index is 12.0. The van der Waals surface area contributed by atoms with Crippen LogP contribution in [0.25, 0.3) is 0 Å². The number of hydrogen-bond donors (Lipinski definition) is 1.